The second-order valence-electron chi connectivity index (χ2n) is 2.22. The van der Waals surface area contributed by atoms with Gasteiger partial charge in [-0.3, -0.25) is 0 Å². The minimum absolute atomic E-state index is 0.296. The predicted octanol–water partition coefficient (Wildman–Crippen LogP) is 1.41. The van der Waals surface area contributed by atoms with Gasteiger partial charge in [-0.1, -0.05) is 36.4 Å². The first kappa shape index (κ1) is 8.59. The number of ether oxygens (including phenoxy) is 1. The van der Waals surface area contributed by atoms with Gasteiger partial charge in [0.05, 0.1) is 6.54 Å². The summed E-state index contributed by atoms with van der Waals surface area (Å²) in [6.07, 6.45) is -0.296. The summed E-state index contributed by atoms with van der Waals surface area (Å²) in [6, 6.07) is 12.0. The lowest BCUT2D eigenvalue weighted by Gasteiger charge is -1.80. The van der Waals surface area contributed by atoms with Crippen molar-refractivity contribution in [3.63, 3.8) is 0 Å². The number of carbonyl (C=O) groups excluding carboxylic acids is 1. The van der Waals surface area contributed by atoms with E-state index in [2.05, 4.69) is 10.1 Å². The molecule has 0 unspecified atom stereocenters. The van der Waals surface area contributed by atoms with E-state index in [-0.39, 0.29) is 6.09 Å². The fourth-order valence-electron chi connectivity index (χ4n) is 0.733. The first-order chi connectivity index (χ1) is 5.89. The molecule has 1 heterocycles. The van der Waals surface area contributed by atoms with Crippen LogP contribution in [0.15, 0.2) is 36.4 Å². The molecule has 0 aliphatic carbocycles. The number of nitrogens with one attached hydrogen (secondary N) is 1. The Morgan fingerprint density at radius 3 is 1.75 bits per heavy atom. The number of amides is 1. The van der Waals surface area contributed by atoms with Crippen molar-refractivity contribution >= 4 is 6.09 Å². The average molecular weight is 165 g/mol. The normalized spacial score (nSPS) is 13.8. The number of rotatable bonds is 0. The summed E-state index contributed by atoms with van der Waals surface area (Å²) in [6.45, 7) is 1.19. The summed E-state index contributed by atoms with van der Waals surface area (Å²) in [5.74, 6) is 0. The van der Waals surface area contributed by atoms with Crippen LogP contribution in [-0.4, -0.2) is 19.2 Å². The molecule has 0 bridgehead atoms. The van der Waals surface area contributed by atoms with E-state index >= 15 is 0 Å². The van der Waals surface area contributed by atoms with Crippen molar-refractivity contribution in [2.75, 3.05) is 13.2 Å². The van der Waals surface area contributed by atoms with E-state index in [0.29, 0.717) is 13.2 Å². The van der Waals surface area contributed by atoms with Crippen molar-refractivity contribution in [1.29, 1.82) is 0 Å². The molecule has 3 nitrogen and oxygen atoms in total. The van der Waals surface area contributed by atoms with Gasteiger partial charge in [-0.2, -0.15) is 0 Å². The van der Waals surface area contributed by atoms with Crippen LogP contribution in [0.5, 0.6) is 0 Å². The first-order valence-corrected chi connectivity index (χ1v) is 3.80. The molecule has 1 aliphatic heterocycles. The molecule has 0 aromatic heterocycles. The molecule has 3 heteroatoms. The fourth-order valence-corrected chi connectivity index (χ4v) is 0.733. The minimum Gasteiger partial charge on any atom is -0.448 e. The zero-order valence-electron chi connectivity index (χ0n) is 6.69. The number of alkyl carbamates (subject to hydrolysis) is 1. The molecule has 0 radical (unpaired) electrons. The van der Waals surface area contributed by atoms with Gasteiger partial charge in [-0.05, 0) is 0 Å². The monoisotopic (exact) mass is 165 g/mol. The van der Waals surface area contributed by atoms with E-state index in [4.69, 9.17) is 0 Å². The number of hydrogen-bond donors (Lipinski definition) is 1. The molecule has 1 amide bonds. The largest absolute Gasteiger partial charge is 0.448 e. The van der Waals surface area contributed by atoms with Gasteiger partial charge in [-0.25, -0.2) is 4.79 Å². The lowest BCUT2D eigenvalue weighted by molar-refractivity contribution is 0.178. The Morgan fingerprint density at radius 2 is 1.58 bits per heavy atom. The molecular weight excluding hydrogens is 154 g/mol. The molecule has 1 saturated heterocycles. The lowest BCUT2D eigenvalue weighted by Crippen LogP contribution is -2.11. The molecule has 1 aromatic carbocycles. The smallest absolute Gasteiger partial charge is 0.407 e. The Hall–Kier alpha value is -1.51. The van der Waals surface area contributed by atoms with Crippen LogP contribution in [0.3, 0.4) is 0 Å². The van der Waals surface area contributed by atoms with Crippen molar-refractivity contribution in [2.24, 2.45) is 0 Å². The maximum Gasteiger partial charge on any atom is 0.407 e. The molecule has 0 saturated carbocycles. The van der Waals surface area contributed by atoms with Crippen molar-refractivity contribution in [1.82, 2.24) is 5.32 Å². The van der Waals surface area contributed by atoms with Crippen molar-refractivity contribution in [2.45, 2.75) is 0 Å². The van der Waals surface area contributed by atoms with Crippen molar-refractivity contribution < 1.29 is 9.53 Å². The maximum absolute atomic E-state index is 9.91. The van der Waals surface area contributed by atoms with E-state index in [0.717, 1.165) is 0 Å². The average Bonchev–Trinajstić information content (AvgIpc) is 2.60. The van der Waals surface area contributed by atoms with Crippen LogP contribution < -0.4 is 5.32 Å². The first-order valence-electron chi connectivity index (χ1n) is 3.80. The zero-order valence-corrected chi connectivity index (χ0v) is 6.69. The highest BCUT2D eigenvalue weighted by Crippen LogP contribution is 1.82. The molecule has 0 spiro atoms. The number of cyclic esters (lactones) is 1. The Bertz CT molecular complexity index is 189. The van der Waals surface area contributed by atoms with Gasteiger partial charge in [0.1, 0.15) is 6.61 Å². The van der Waals surface area contributed by atoms with Gasteiger partial charge in [0, 0.05) is 0 Å². The summed E-state index contributed by atoms with van der Waals surface area (Å²) in [7, 11) is 0. The molecule has 1 fully saturated rings. The summed E-state index contributed by atoms with van der Waals surface area (Å²) >= 11 is 0. The second-order valence-corrected chi connectivity index (χ2v) is 2.22. The molecule has 1 N–H and O–H groups in total. The number of benzene rings is 1. The van der Waals surface area contributed by atoms with Crippen LogP contribution in [0.1, 0.15) is 0 Å². The van der Waals surface area contributed by atoms with Gasteiger partial charge < -0.3 is 10.1 Å². The van der Waals surface area contributed by atoms with Crippen molar-refractivity contribution in [3.05, 3.63) is 36.4 Å². The molecule has 0 atom stereocenters. The van der Waals surface area contributed by atoms with E-state index in [9.17, 15) is 4.79 Å². The van der Waals surface area contributed by atoms with E-state index in [1.54, 1.807) is 0 Å². The summed E-state index contributed by atoms with van der Waals surface area (Å²) in [5.41, 5.74) is 0. The molecule has 2 rings (SSSR count). The third kappa shape index (κ3) is 3.61. The number of hydrogen-bond acceptors (Lipinski definition) is 2. The van der Waals surface area contributed by atoms with Gasteiger partial charge in [-0.15, -0.1) is 0 Å². The van der Waals surface area contributed by atoms with Gasteiger partial charge >= 0.3 is 6.09 Å². The van der Waals surface area contributed by atoms with Gasteiger partial charge in [0.25, 0.3) is 0 Å². The highest BCUT2D eigenvalue weighted by molar-refractivity contribution is 5.68. The summed E-state index contributed by atoms with van der Waals surface area (Å²) < 4.78 is 4.40. The molecule has 1 aliphatic rings. The fraction of sp³-hybridized carbons (Fsp3) is 0.222. The van der Waals surface area contributed by atoms with Gasteiger partial charge in [0.2, 0.25) is 0 Å². The SMILES string of the molecule is O=C1NCCO1.c1ccccc1. The Labute approximate surface area is 71.4 Å². The highest BCUT2D eigenvalue weighted by Gasteiger charge is 2.06. The third-order valence-corrected chi connectivity index (χ3v) is 1.27. The Kier molecular flexibility index (Phi) is 3.71. The Morgan fingerprint density at radius 1 is 1.08 bits per heavy atom. The molecular formula is C9H11NO2. The van der Waals surface area contributed by atoms with Crippen LogP contribution in [0, 0.1) is 0 Å². The van der Waals surface area contributed by atoms with E-state index < -0.39 is 0 Å². The zero-order chi connectivity index (χ0) is 8.65. The number of carbonyl (C=O) groups is 1. The van der Waals surface area contributed by atoms with Crippen LogP contribution in [-0.2, 0) is 4.74 Å². The van der Waals surface area contributed by atoms with Crippen LogP contribution >= 0.6 is 0 Å². The quantitative estimate of drug-likeness (QED) is 0.631. The standard InChI is InChI=1S/C6H6.C3H5NO2/c1-2-4-6-5-3-1;5-3-4-1-2-6-3/h1-6H;1-2H2,(H,4,5). The van der Waals surface area contributed by atoms with E-state index in [1.807, 2.05) is 36.4 Å². The van der Waals surface area contributed by atoms with Crippen LogP contribution in [0.25, 0.3) is 0 Å². The topological polar surface area (TPSA) is 38.3 Å². The Balaban J connectivity index is 0.000000120. The maximum atomic E-state index is 9.91. The molecule has 12 heavy (non-hydrogen) atoms. The minimum atomic E-state index is -0.296. The van der Waals surface area contributed by atoms with Crippen LogP contribution in [0.4, 0.5) is 4.79 Å². The van der Waals surface area contributed by atoms with Crippen molar-refractivity contribution in [3.8, 4) is 0 Å². The highest BCUT2D eigenvalue weighted by atomic mass is 16.6. The predicted molar refractivity (Wildman–Crippen MR) is 45.8 cm³/mol. The second kappa shape index (κ2) is 5.18. The third-order valence-electron chi connectivity index (χ3n) is 1.27. The summed E-state index contributed by atoms with van der Waals surface area (Å²) in [5, 5.41) is 2.46. The van der Waals surface area contributed by atoms with E-state index in [1.165, 1.54) is 0 Å². The van der Waals surface area contributed by atoms with Gasteiger partial charge in [0.15, 0.2) is 0 Å². The molecule has 1 aromatic rings. The molecule has 64 valence electrons. The summed E-state index contributed by atoms with van der Waals surface area (Å²) in [4.78, 5) is 9.91. The lowest BCUT2D eigenvalue weighted by atomic mass is 10.4. The van der Waals surface area contributed by atoms with Crippen LogP contribution in [0.2, 0.25) is 0 Å².